The quantitative estimate of drug-likeness (QED) is 0.716. The smallest absolute Gasteiger partial charge is 0.224 e. The number of rotatable bonds is 6. The van der Waals surface area contributed by atoms with Gasteiger partial charge in [0.1, 0.15) is 5.82 Å². The van der Waals surface area contributed by atoms with Crippen molar-refractivity contribution in [1.82, 2.24) is 9.97 Å². The molecule has 0 aromatic carbocycles. The molecule has 1 aromatic rings. The molecule has 1 aromatic heterocycles. The van der Waals surface area contributed by atoms with Crippen LogP contribution in [0.3, 0.4) is 0 Å². The minimum atomic E-state index is -0.194. The van der Waals surface area contributed by atoms with Crippen LogP contribution in [-0.4, -0.2) is 48.5 Å². The highest BCUT2D eigenvalue weighted by atomic mass is 79.9. The number of nitrogens with one attached hydrogen (secondary N) is 2. The van der Waals surface area contributed by atoms with Crippen LogP contribution in [0.25, 0.3) is 0 Å². The Labute approximate surface area is 103 Å². The number of hydrogen-bond acceptors (Lipinski definition) is 6. The topological polar surface area (TPSA) is 79.3 Å². The molecule has 0 saturated carbocycles. The molecule has 6 nitrogen and oxygen atoms in total. The summed E-state index contributed by atoms with van der Waals surface area (Å²) >= 11 is 3.33. The van der Waals surface area contributed by atoms with Gasteiger partial charge in [0.25, 0.3) is 0 Å². The SMILES string of the molecule is CNc1ncc(Br)c(NC(CO)COC)n1. The summed E-state index contributed by atoms with van der Waals surface area (Å²) in [7, 11) is 3.32. The molecule has 7 heteroatoms. The van der Waals surface area contributed by atoms with Crippen molar-refractivity contribution in [3.05, 3.63) is 10.7 Å². The number of nitrogens with zero attached hydrogens (tertiary/aromatic N) is 2. The van der Waals surface area contributed by atoms with E-state index in [0.717, 1.165) is 4.47 Å². The van der Waals surface area contributed by atoms with E-state index >= 15 is 0 Å². The molecule has 0 fully saturated rings. The minimum absolute atomic E-state index is 0.0286. The van der Waals surface area contributed by atoms with Crippen molar-refractivity contribution in [2.24, 2.45) is 0 Å². The Hall–Kier alpha value is -0.920. The van der Waals surface area contributed by atoms with Gasteiger partial charge in [-0.3, -0.25) is 0 Å². The highest BCUT2D eigenvalue weighted by Crippen LogP contribution is 2.20. The van der Waals surface area contributed by atoms with Crippen molar-refractivity contribution in [3.8, 4) is 0 Å². The second kappa shape index (κ2) is 6.62. The summed E-state index contributed by atoms with van der Waals surface area (Å²) in [4.78, 5) is 8.25. The molecule has 16 heavy (non-hydrogen) atoms. The summed E-state index contributed by atoms with van der Waals surface area (Å²) in [6.45, 7) is 0.376. The number of aliphatic hydroxyl groups excluding tert-OH is 1. The zero-order valence-electron chi connectivity index (χ0n) is 9.20. The van der Waals surface area contributed by atoms with Crippen molar-refractivity contribution < 1.29 is 9.84 Å². The van der Waals surface area contributed by atoms with Crippen LogP contribution in [0.15, 0.2) is 10.7 Å². The van der Waals surface area contributed by atoms with Gasteiger partial charge in [0.2, 0.25) is 5.95 Å². The first kappa shape index (κ1) is 13.1. The molecule has 0 spiro atoms. The normalized spacial score (nSPS) is 12.2. The summed E-state index contributed by atoms with van der Waals surface area (Å²) in [5.41, 5.74) is 0. The molecular formula is C9H15BrN4O2. The van der Waals surface area contributed by atoms with E-state index in [1.807, 2.05) is 0 Å². The van der Waals surface area contributed by atoms with Gasteiger partial charge in [0, 0.05) is 20.4 Å². The molecule has 1 rings (SSSR count). The van der Waals surface area contributed by atoms with Gasteiger partial charge in [-0.25, -0.2) is 4.98 Å². The molecule has 0 aliphatic heterocycles. The molecule has 0 radical (unpaired) electrons. The monoisotopic (exact) mass is 290 g/mol. The Morgan fingerprint density at radius 2 is 2.38 bits per heavy atom. The lowest BCUT2D eigenvalue weighted by molar-refractivity contribution is 0.153. The maximum absolute atomic E-state index is 9.12. The van der Waals surface area contributed by atoms with E-state index in [-0.39, 0.29) is 12.6 Å². The molecule has 0 saturated heterocycles. The van der Waals surface area contributed by atoms with Crippen molar-refractivity contribution in [2.45, 2.75) is 6.04 Å². The maximum Gasteiger partial charge on any atom is 0.224 e. The fourth-order valence-electron chi connectivity index (χ4n) is 1.12. The molecule has 0 bridgehead atoms. The number of ether oxygens (including phenoxy) is 1. The second-order valence-electron chi connectivity index (χ2n) is 3.12. The van der Waals surface area contributed by atoms with E-state index < -0.39 is 0 Å². The lowest BCUT2D eigenvalue weighted by atomic mass is 10.3. The Morgan fingerprint density at radius 3 is 2.94 bits per heavy atom. The number of hydrogen-bond donors (Lipinski definition) is 3. The zero-order chi connectivity index (χ0) is 12.0. The van der Waals surface area contributed by atoms with Crippen molar-refractivity contribution in [1.29, 1.82) is 0 Å². The van der Waals surface area contributed by atoms with Crippen LogP contribution < -0.4 is 10.6 Å². The number of aliphatic hydroxyl groups is 1. The molecule has 90 valence electrons. The summed E-state index contributed by atoms with van der Waals surface area (Å²) in [5.74, 6) is 1.13. The third-order valence-electron chi connectivity index (χ3n) is 1.90. The number of anilines is 2. The lowest BCUT2D eigenvalue weighted by Gasteiger charge is -2.16. The summed E-state index contributed by atoms with van der Waals surface area (Å²) in [5, 5.41) is 15.0. The van der Waals surface area contributed by atoms with Crippen LogP contribution in [0.5, 0.6) is 0 Å². The summed E-state index contributed by atoms with van der Waals surface area (Å²) in [6.07, 6.45) is 1.64. The van der Waals surface area contributed by atoms with Crippen molar-refractivity contribution in [3.63, 3.8) is 0 Å². The largest absolute Gasteiger partial charge is 0.394 e. The van der Waals surface area contributed by atoms with Crippen LogP contribution >= 0.6 is 15.9 Å². The van der Waals surface area contributed by atoms with Gasteiger partial charge < -0.3 is 20.5 Å². The molecule has 3 N–H and O–H groups in total. The third-order valence-corrected chi connectivity index (χ3v) is 2.48. The predicted octanol–water partition coefficient (Wildman–Crippen LogP) is 0.700. The second-order valence-corrected chi connectivity index (χ2v) is 3.97. The first-order valence-electron chi connectivity index (χ1n) is 4.77. The molecule has 0 aliphatic carbocycles. The maximum atomic E-state index is 9.12. The van der Waals surface area contributed by atoms with E-state index in [1.165, 1.54) is 0 Å². The third kappa shape index (κ3) is 3.58. The van der Waals surface area contributed by atoms with Gasteiger partial charge in [-0.05, 0) is 15.9 Å². The zero-order valence-corrected chi connectivity index (χ0v) is 10.8. The van der Waals surface area contributed by atoms with Gasteiger partial charge >= 0.3 is 0 Å². The summed E-state index contributed by atoms with van der Waals surface area (Å²) < 4.78 is 5.70. The molecule has 1 atom stereocenters. The van der Waals surface area contributed by atoms with Crippen LogP contribution in [0.4, 0.5) is 11.8 Å². The molecule has 0 amide bonds. The van der Waals surface area contributed by atoms with Gasteiger partial charge in [-0.2, -0.15) is 4.98 Å². The highest BCUT2D eigenvalue weighted by Gasteiger charge is 2.11. The standard InChI is InChI=1S/C9H15BrN4O2/c1-11-9-12-3-7(10)8(14-9)13-6(4-15)5-16-2/h3,6,15H,4-5H2,1-2H3,(H2,11,12,13,14). The number of methoxy groups -OCH3 is 1. The lowest BCUT2D eigenvalue weighted by Crippen LogP contribution is -2.29. The van der Waals surface area contributed by atoms with Gasteiger partial charge in [-0.1, -0.05) is 0 Å². The fraction of sp³-hybridized carbons (Fsp3) is 0.556. The Balaban J connectivity index is 2.77. The van der Waals surface area contributed by atoms with Crippen LogP contribution in [0, 0.1) is 0 Å². The van der Waals surface area contributed by atoms with Crippen LogP contribution in [0.1, 0.15) is 0 Å². The van der Waals surface area contributed by atoms with E-state index in [1.54, 1.807) is 20.4 Å². The average Bonchev–Trinajstić information content (AvgIpc) is 2.31. The van der Waals surface area contributed by atoms with Crippen molar-refractivity contribution in [2.75, 3.05) is 38.0 Å². The molecule has 0 aliphatic rings. The van der Waals surface area contributed by atoms with Gasteiger partial charge in [-0.15, -0.1) is 0 Å². The minimum Gasteiger partial charge on any atom is -0.394 e. The summed E-state index contributed by atoms with van der Waals surface area (Å²) in [6, 6.07) is -0.194. The Kier molecular flexibility index (Phi) is 5.44. The van der Waals surface area contributed by atoms with Gasteiger partial charge in [0.15, 0.2) is 0 Å². The number of halogens is 1. The van der Waals surface area contributed by atoms with Crippen molar-refractivity contribution >= 4 is 27.7 Å². The average molecular weight is 291 g/mol. The molecular weight excluding hydrogens is 276 g/mol. The fourth-order valence-corrected chi connectivity index (χ4v) is 1.43. The Morgan fingerprint density at radius 1 is 1.62 bits per heavy atom. The van der Waals surface area contributed by atoms with E-state index in [0.29, 0.717) is 18.4 Å². The van der Waals surface area contributed by atoms with Gasteiger partial charge in [0.05, 0.1) is 23.7 Å². The van der Waals surface area contributed by atoms with Crippen LogP contribution in [0.2, 0.25) is 0 Å². The first-order valence-corrected chi connectivity index (χ1v) is 5.57. The molecule has 1 heterocycles. The predicted molar refractivity (Wildman–Crippen MR) is 65.7 cm³/mol. The highest BCUT2D eigenvalue weighted by molar-refractivity contribution is 9.10. The van der Waals surface area contributed by atoms with E-state index in [2.05, 4.69) is 36.5 Å². The van der Waals surface area contributed by atoms with Crippen LogP contribution in [-0.2, 0) is 4.74 Å². The molecule has 1 unspecified atom stereocenters. The number of aromatic nitrogens is 2. The van der Waals surface area contributed by atoms with E-state index in [9.17, 15) is 0 Å². The van der Waals surface area contributed by atoms with E-state index in [4.69, 9.17) is 9.84 Å². The Bertz CT molecular complexity index is 337. The first-order chi connectivity index (χ1) is 7.71.